The molecule has 3 saturated heterocycles. The molecule has 46 heavy (non-hydrogen) atoms. The third-order valence-electron chi connectivity index (χ3n) is 9.38. The molecule has 1 N–H and O–H groups in total. The Balaban J connectivity index is 1.39. The SMILES string of the molecule is CC(C)N1CCC(N2C[C@@H]3N(C(=O)/C=C/c4nc(C#CCCCCO)cs4)O[C@H](CC4CC4)C(=O)N3[C@@H](CC(C)(C)C)C2=O)CC1. The third kappa shape index (κ3) is 8.57. The van der Waals surface area contributed by atoms with E-state index in [0.29, 0.717) is 41.9 Å². The standard InChI is InChI=1S/C35H51N5O5S/c1-24(2)37-17-15-27(16-18-37)38-22-31-39(28(33(38)43)21-35(3,4)5)34(44)29(20-25-11-12-25)45-40(31)32(42)14-13-30-36-26(23-46-30)10-8-6-7-9-19-41/h13-14,23-25,27-29,31,41H,6-7,9,11-12,15-22H2,1-5H3/b14-13+/t28-,29+,31-/m0/s1. The fraction of sp³-hybridized carbons (Fsp3) is 0.714. The Morgan fingerprint density at radius 1 is 1.15 bits per heavy atom. The van der Waals surface area contributed by atoms with Gasteiger partial charge < -0.3 is 19.8 Å². The van der Waals surface area contributed by atoms with Gasteiger partial charge in [0.2, 0.25) is 5.91 Å². The highest BCUT2D eigenvalue weighted by Gasteiger charge is 2.54. The molecule has 0 bridgehead atoms. The number of piperazine rings is 1. The summed E-state index contributed by atoms with van der Waals surface area (Å²) in [5, 5.41) is 12.8. The number of unbranched alkanes of at least 4 members (excludes halogenated alkanes) is 2. The molecule has 1 aromatic heterocycles. The van der Waals surface area contributed by atoms with Gasteiger partial charge in [0.15, 0.2) is 12.3 Å². The Morgan fingerprint density at radius 2 is 1.89 bits per heavy atom. The van der Waals surface area contributed by atoms with Crippen molar-refractivity contribution in [2.75, 3.05) is 26.2 Å². The minimum atomic E-state index is -0.787. The summed E-state index contributed by atoms with van der Waals surface area (Å²) in [6.07, 6.45) is 8.78. The quantitative estimate of drug-likeness (QED) is 0.228. The number of amides is 3. The molecule has 0 spiro atoms. The van der Waals surface area contributed by atoms with Crippen LogP contribution in [0.25, 0.3) is 6.08 Å². The molecule has 4 heterocycles. The van der Waals surface area contributed by atoms with E-state index >= 15 is 0 Å². The van der Waals surface area contributed by atoms with Gasteiger partial charge in [0.25, 0.3) is 11.8 Å². The molecular formula is C35H51N5O5S. The predicted molar refractivity (Wildman–Crippen MR) is 178 cm³/mol. The van der Waals surface area contributed by atoms with E-state index in [-0.39, 0.29) is 42.3 Å². The number of likely N-dealkylation sites (tertiary alicyclic amines) is 1. The molecule has 3 aliphatic heterocycles. The van der Waals surface area contributed by atoms with Gasteiger partial charge in [0.1, 0.15) is 16.7 Å². The molecule has 3 atom stereocenters. The number of piperidine rings is 1. The zero-order valence-corrected chi connectivity index (χ0v) is 28.9. The van der Waals surface area contributed by atoms with E-state index in [1.807, 2.05) is 10.3 Å². The Kier molecular flexibility index (Phi) is 11.2. The monoisotopic (exact) mass is 653 g/mol. The minimum Gasteiger partial charge on any atom is -0.396 e. The van der Waals surface area contributed by atoms with Crippen molar-refractivity contribution in [3.05, 3.63) is 22.2 Å². The maximum absolute atomic E-state index is 14.3. The highest BCUT2D eigenvalue weighted by atomic mass is 32.1. The summed E-state index contributed by atoms with van der Waals surface area (Å²) < 4.78 is 0. The second-order valence-corrected chi connectivity index (χ2v) is 15.6. The van der Waals surface area contributed by atoms with Gasteiger partial charge in [-0.1, -0.05) is 39.5 Å². The van der Waals surface area contributed by atoms with Gasteiger partial charge in [-0.15, -0.1) is 11.3 Å². The summed E-state index contributed by atoms with van der Waals surface area (Å²) in [6, 6.07) is -0.151. The number of carbonyl (C=O) groups excluding carboxylic acids is 3. The maximum Gasteiger partial charge on any atom is 0.272 e. The van der Waals surface area contributed by atoms with E-state index in [1.54, 1.807) is 11.0 Å². The highest BCUT2D eigenvalue weighted by Crippen LogP contribution is 2.40. The zero-order valence-electron chi connectivity index (χ0n) is 28.1. The molecule has 11 heteroatoms. The smallest absolute Gasteiger partial charge is 0.272 e. The predicted octanol–water partition coefficient (Wildman–Crippen LogP) is 4.29. The van der Waals surface area contributed by atoms with Crippen LogP contribution in [0.3, 0.4) is 0 Å². The van der Waals surface area contributed by atoms with Gasteiger partial charge in [-0.2, -0.15) is 5.06 Å². The number of rotatable bonds is 10. The number of aliphatic hydroxyl groups excluding tert-OH is 1. The molecular weight excluding hydrogens is 602 g/mol. The molecule has 4 aliphatic rings. The number of hydroxylamine groups is 2. The summed E-state index contributed by atoms with van der Waals surface area (Å²) in [5.74, 6) is 5.98. The van der Waals surface area contributed by atoms with Gasteiger partial charge in [0.05, 0.1) is 6.54 Å². The molecule has 0 aromatic carbocycles. The lowest BCUT2D eigenvalue weighted by molar-refractivity contribution is -0.275. The number of aromatic nitrogens is 1. The average Bonchev–Trinajstić information content (AvgIpc) is 3.72. The van der Waals surface area contributed by atoms with Gasteiger partial charge in [0, 0.05) is 49.7 Å². The van der Waals surface area contributed by atoms with Crippen molar-refractivity contribution in [1.82, 2.24) is 24.7 Å². The van der Waals surface area contributed by atoms with Crippen molar-refractivity contribution in [2.24, 2.45) is 11.3 Å². The van der Waals surface area contributed by atoms with Crippen LogP contribution in [0.2, 0.25) is 0 Å². The second-order valence-electron chi connectivity index (χ2n) is 14.7. The Bertz CT molecular complexity index is 1330. The Hall–Kier alpha value is -2.78. The summed E-state index contributed by atoms with van der Waals surface area (Å²) in [6.45, 7) is 12.9. The van der Waals surface area contributed by atoms with Gasteiger partial charge >= 0.3 is 0 Å². The van der Waals surface area contributed by atoms with Crippen LogP contribution < -0.4 is 0 Å². The van der Waals surface area contributed by atoms with Crippen LogP contribution in [-0.2, 0) is 19.2 Å². The maximum atomic E-state index is 14.3. The van der Waals surface area contributed by atoms with Gasteiger partial charge in [-0.05, 0) is 75.7 Å². The third-order valence-corrected chi connectivity index (χ3v) is 10.2. The van der Waals surface area contributed by atoms with Crippen LogP contribution >= 0.6 is 11.3 Å². The number of thiazole rings is 1. The van der Waals surface area contributed by atoms with Crippen molar-refractivity contribution in [2.45, 2.75) is 123 Å². The number of hydrogen-bond acceptors (Lipinski definition) is 8. The molecule has 0 radical (unpaired) electrons. The molecule has 10 nitrogen and oxygen atoms in total. The summed E-state index contributed by atoms with van der Waals surface area (Å²) in [4.78, 5) is 59.2. The molecule has 3 amide bonds. The molecule has 1 aromatic rings. The van der Waals surface area contributed by atoms with Crippen LogP contribution in [0.5, 0.6) is 0 Å². The molecule has 1 saturated carbocycles. The second kappa shape index (κ2) is 15.0. The van der Waals surface area contributed by atoms with Crippen LogP contribution in [0.4, 0.5) is 0 Å². The minimum absolute atomic E-state index is 0.00896. The molecule has 5 rings (SSSR count). The molecule has 252 valence electrons. The normalized spacial score (nSPS) is 24.9. The first-order chi connectivity index (χ1) is 21.9. The van der Waals surface area contributed by atoms with E-state index in [9.17, 15) is 14.4 Å². The van der Waals surface area contributed by atoms with E-state index in [2.05, 4.69) is 56.3 Å². The Morgan fingerprint density at radius 3 is 2.54 bits per heavy atom. The molecule has 1 aliphatic carbocycles. The van der Waals surface area contributed by atoms with Crippen LogP contribution in [0.1, 0.15) is 103 Å². The lowest BCUT2D eigenvalue weighted by atomic mass is 9.84. The number of hydrogen-bond donors (Lipinski definition) is 1. The lowest BCUT2D eigenvalue weighted by Crippen LogP contribution is -2.74. The van der Waals surface area contributed by atoms with Crippen molar-refractivity contribution in [3.63, 3.8) is 0 Å². The summed E-state index contributed by atoms with van der Waals surface area (Å²) in [5.41, 5.74) is 0.435. The van der Waals surface area contributed by atoms with Crippen LogP contribution in [0.15, 0.2) is 11.5 Å². The lowest BCUT2D eigenvalue weighted by Gasteiger charge is -2.55. The molecule has 0 unspecified atom stereocenters. The zero-order chi connectivity index (χ0) is 33.0. The average molecular weight is 654 g/mol. The number of fused-ring (bicyclic) bond motifs is 1. The first kappa shape index (κ1) is 34.6. The van der Waals surface area contributed by atoms with E-state index in [0.717, 1.165) is 51.6 Å². The first-order valence-electron chi connectivity index (χ1n) is 17.0. The largest absolute Gasteiger partial charge is 0.396 e. The van der Waals surface area contributed by atoms with Gasteiger partial charge in [-0.25, -0.2) is 4.98 Å². The van der Waals surface area contributed by atoms with Crippen molar-refractivity contribution >= 4 is 35.1 Å². The number of aliphatic hydroxyl groups is 1. The fourth-order valence-electron chi connectivity index (χ4n) is 6.70. The van der Waals surface area contributed by atoms with Crippen molar-refractivity contribution in [1.29, 1.82) is 0 Å². The number of nitrogens with zero attached hydrogens (tertiary/aromatic N) is 5. The van der Waals surface area contributed by atoms with Crippen LogP contribution in [-0.4, -0.2) is 104 Å². The number of carbonyl (C=O) groups is 3. The van der Waals surface area contributed by atoms with E-state index in [4.69, 9.17) is 9.94 Å². The van der Waals surface area contributed by atoms with E-state index in [1.165, 1.54) is 22.5 Å². The summed E-state index contributed by atoms with van der Waals surface area (Å²) in [7, 11) is 0. The first-order valence-corrected chi connectivity index (χ1v) is 17.9. The summed E-state index contributed by atoms with van der Waals surface area (Å²) >= 11 is 1.40. The molecule has 4 fully saturated rings. The van der Waals surface area contributed by atoms with E-state index < -0.39 is 18.3 Å². The highest BCUT2D eigenvalue weighted by molar-refractivity contribution is 7.10. The Labute approximate surface area is 278 Å². The topological polar surface area (TPSA) is 107 Å². The van der Waals surface area contributed by atoms with Crippen LogP contribution in [0, 0.1) is 23.2 Å². The van der Waals surface area contributed by atoms with Crippen molar-refractivity contribution < 1.29 is 24.3 Å². The van der Waals surface area contributed by atoms with Gasteiger partial charge in [-0.3, -0.25) is 19.2 Å². The van der Waals surface area contributed by atoms with Crippen molar-refractivity contribution in [3.8, 4) is 11.8 Å². The fourth-order valence-corrected chi connectivity index (χ4v) is 7.34.